The van der Waals surface area contributed by atoms with Crippen LogP contribution in [0.25, 0.3) is 10.4 Å². The van der Waals surface area contributed by atoms with E-state index < -0.39 is 0 Å². The van der Waals surface area contributed by atoms with Crippen molar-refractivity contribution in [1.82, 2.24) is 0 Å². The van der Waals surface area contributed by atoms with Gasteiger partial charge in [-0.05, 0) is 16.7 Å². The molecule has 0 fully saturated rings. The Labute approximate surface area is 120 Å². The minimum absolute atomic E-state index is 0.127. The molecule has 0 bridgehead atoms. The second-order valence-electron chi connectivity index (χ2n) is 3.87. The lowest BCUT2D eigenvalue weighted by Gasteiger charge is -2.18. The Kier molecular flexibility index (Phi) is 4.61. The summed E-state index contributed by atoms with van der Waals surface area (Å²) in [4.78, 5) is 2.98. The molecular weight excluding hydrogens is 337 g/mol. The molecule has 2 rings (SSSR count). The maximum Gasteiger partial charge on any atom is 0.0783 e. The van der Waals surface area contributed by atoms with Crippen LogP contribution in [-0.2, 0) is 0 Å². The molecule has 0 heterocycles. The molecule has 2 aromatic carbocycles. The average Bonchev–Trinajstić information content (AvgIpc) is 2.46. The van der Waals surface area contributed by atoms with Gasteiger partial charge in [-0.2, -0.15) is 0 Å². The smallest absolute Gasteiger partial charge is 0.0783 e. The molecule has 90 valence electrons. The summed E-state index contributed by atoms with van der Waals surface area (Å²) < 4.78 is 0.127. The van der Waals surface area contributed by atoms with Crippen LogP contribution in [0.2, 0.25) is 0 Å². The summed E-state index contributed by atoms with van der Waals surface area (Å²) >= 11 is 2.33. The molecule has 0 aliphatic rings. The first kappa shape index (κ1) is 12.9. The Morgan fingerprint density at radius 2 is 1.39 bits per heavy atom. The van der Waals surface area contributed by atoms with E-state index in [1.807, 2.05) is 48.5 Å². The van der Waals surface area contributed by atoms with Crippen LogP contribution >= 0.6 is 22.6 Å². The number of nitrogens with zero attached hydrogens (tertiary/aromatic N) is 3. The van der Waals surface area contributed by atoms with E-state index in [1.54, 1.807) is 0 Å². The van der Waals surface area contributed by atoms with Crippen molar-refractivity contribution in [2.24, 2.45) is 5.11 Å². The monoisotopic (exact) mass is 349 g/mol. The van der Waals surface area contributed by atoms with Gasteiger partial charge in [0.2, 0.25) is 0 Å². The zero-order valence-electron chi connectivity index (χ0n) is 9.65. The molecule has 4 heteroatoms. The van der Waals surface area contributed by atoms with Crippen LogP contribution in [0.5, 0.6) is 0 Å². The van der Waals surface area contributed by atoms with E-state index in [9.17, 15) is 0 Å². The predicted octanol–water partition coefficient (Wildman–Crippen LogP) is 5.21. The van der Waals surface area contributed by atoms with Gasteiger partial charge in [-0.1, -0.05) is 88.4 Å². The Morgan fingerprint density at radius 1 is 0.889 bits per heavy atom. The molecule has 2 aromatic rings. The Morgan fingerprint density at radius 3 is 1.89 bits per heavy atom. The highest BCUT2D eigenvalue weighted by molar-refractivity contribution is 14.1. The van der Waals surface area contributed by atoms with Gasteiger partial charge in [0.15, 0.2) is 0 Å². The molecule has 0 aliphatic heterocycles. The van der Waals surface area contributed by atoms with Gasteiger partial charge in [-0.3, -0.25) is 0 Å². The van der Waals surface area contributed by atoms with E-state index in [0.29, 0.717) is 0 Å². The maximum atomic E-state index is 8.75. The molecule has 0 saturated carbocycles. The van der Waals surface area contributed by atoms with Gasteiger partial charge in [0.05, 0.1) is 6.04 Å². The summed E-state index contributed by atoms with van der Waals surface area (Å²) in [7, 11) is 0. The average molecular weight is 349 g/mol. The zero-order chi connectivity index (χ0) is 12.8. The third kappa shape index (κ3) is 3.03. The van der Waals surface area contributed by atoms with Crippen molar-refractivity contribution in [1.29, 1.82) is 0 Å². The van der Waals surface area contributed by atoms with E-state index in [2.05, 4.69) is 44.7 Å². The lowest BCUT2D eigenvalue weighted by Crippen LogP contribution is -2.02. The fraction of sp³-hybridized carbons (Fsp3) is 0.143. The summed E-state index contributed by atoms with van der Waals surface area (Å²) in [5.74, 6) is 0. The highest BCUT2D eigenvalue weighted by Crippen LogP contribution is 2.39. The quantitative estimate of drug-likeness (QED) is 0.239. The second-order valence-corrected chi connectivity index (χ2v) is 5.21. The van der Waals surface area contributed by atoms with Crippen LogP contribution in [0, 0.1) is 0 Å². The van der Waals surface area contributed by atoms with Crippen LogP contribution in [0.15, 0.2) is 65.8 Å². The van der Waals surface area contributed by atoms with Gasteiger partial charge in [0, 0.05) is 8.84 Å². The van der Waals surface area contributed by atoms with E-state index in [0.717, 1.165) is 5.56 Å². The van der Waals surface area contributed by atoms with Crippen molar-refractivity contribution >= 4 is 22.6 Å². The molecule has 0 amide bonds. The lowest BCUT2D eigenvalue weighted by atomic mass is 10.00. The third-order valence-corrected chi connectivity index (χ3v) is 4.11. The number of hydrogen-bond donors (Lipinski definition) is 0. The summed E-state index contributed by atoms with van der Waals surface area (Å²) in [6.07, 6.45) is 0. The van der Waals surface area contributed by atoms with Crippen LogP contribution in [-0.4, -0.2) is 0 Å². The molecule has 0 saturated heterocycles. The molecule has 0 spiro atoms. The fourth-order valence-corrected chi connectivity index (χ4v) is 2.79. The number of azide groups is 1. The van der Waals surface area contributed by atoms with E-state index in [4.69, 9.17) is 5.53 Å². The van der Waals surface area contributed by atoms with Crippen molar-refractivity contribution < 1.29 is 0 Å². The lowest BCUT2D eigenvalue weighted by molar-refractivity contribution is 0.720. The molecule has 3 nitrogen and oxygen atoms in total. The number of rotatable bonds is 4. The summed E-state index contributed by atoms with van der Waals surface area (Å²) in [6.45, 7) is 0. The topological polar surface area (TPSA) is 48.8 Å². The van der Waals surface area contributed by atoms with Gasteiger partial charge in [0.25, 0.3) is 0 Å². The molecule has 0 aromatic heterocycles. The van der Waals surface area contributed by atoms with Crippen molar-refractivity contribution in [3.8, 4) is 0 Å². The van der Waals surface area contributed by atoms with Crippen molar-refractivity contribution in [3.63, 3.8) is 0 Å². The van der Waals surface area contributed by atoms with Gasteiger partial charge >= 0.3 is 0 Å². The molecule has 18 heavy (non-hydrogen) atoms. The molecule has 2 atom stereocenters. The molecular formula is C14H12IN3. The summed E-state index contributed by atoms with van der Waals surface area (Å²) in [6, 6.07) is 19.8. The first-order chi connectivity index (χ1) is 8.83. The van der Waals surface area contributed by atoms with Crippen LogP contribution in [0.1, 0.15) is 21.1 Å². The normalized spacial score (nSPS) is 13.4. The summed E-state index contributed by atoms with van der Waals surface area (Å²) in [5, 5.41) is 3.94. The Hall–Kier alpha value is -1.52. The predicted molar refractivity (Wildman–Crippen MR) is 81.5 cm³/mol. The molecule has 0 unspecified atom stereocenters. The summed E-state index contributed by atoms with van der Waals surface area (Å²) in [5.41, 5.74) is 11.0. The van der Waals surface area contributed by atoms with Crippen LogP contribution < -0.4 is 0 Å². The number of benzene rings is 2. The van der Waals surface area contributed by atoms with E-state index >= 15 is 0 Å². The molecule has 0 radical (unpaired) electrons. The third-order valence-electron chi connectivity index (χ3n) is 2.71. The van der Waals surface area contributed by atoms with Gasteiger partial charge in [-0.25, -0.2) is 0 Å². The fourth-order valence-electron chi connectivity index (χ4n) is 1.82. The SMILES string of the molecule is [N-]=[N+]=N[C@H](c1ccccc1)[C@@H](I)c1ccccc1. The van der Waals surface area contributed by atoms with Crippen LogP contribution in [0.4, 0.5) is 0 Å². The first-order valence-electron chi connectivity index (χ1n) is 5.61. The maximum absolute atomic E-state index is 8.75. The highest BCUT2D eigenvalue weighted by atomic mass is 127. The van der Waals surface area contributed by atoms with Gasteiger partial charge in [-0.15, -0.1) is 0 Å². The Balaban J connectivity index is 2.35. The first-order valence-corrected chi connectivity index (χ1v) is 6.85. The second kappa shape index (κ2) is 6.42. The Bertz CT molecular complexity index is 535. The van der Waals surface area contributed by atoms with E-state index in [-0.39, 0.29) is 9.97 Å². The van der Waals surface area contributed by atoms with Gasteiger partial charge < -0.3 is 0 Å². The molecule has 0 N–H and O–H groups in total. The molecule has 0 aliphatic carbocycles. The van der Waals surface area contributed by atoms with Crippen LogP contribution in [0.3, 0.4) is 0 Å². The van der Waals surface area contributed by atoms with Crippen molar-refractivity contribution in [3.05, 3.63) is 82.2 Å². The largest absolute Gasteiger partial charge is 0.0845 e. The zero-order valence-corrected chi connectivity index (χ0v) is 11.8. The number of halogens is 1. The number of hydrogen-bond acceptors (Lipinski definition) is 1. The highest BCUT2D eigenvalue weighted by Gasteiger charge is 2.20. The standard InChI is InChI=1S/C14H12IN3/c15-13(11-7-3-1-4-8-11)14(17-18-16)12-9-5-2-6-10-12/h1-10,13-14H/t13-,14+/m0/s1. The van der Waals surface area contributed by atoms with Crippen molar-refractivity contribution in [2.75, 3.05) is 0 Å². The minimum atomic E-state index is -0.181. The van der Waals surface area contributed by atoms with Gasteiger partial charge in [0.1, 0.15) is 0 Å². The number of alkyl halides is 1. The minimum Gasteiger partial charge on any atom is -0.0845 e. The van der Waals surface area contributed by atoms with Crippen molar-refractivity contribution in [2.45, 2.75) is 9.97 Å². The van der Waals surface area contributed by atoms with E-state index in [1.165, 1.54) is 5.56 Å².